The number of aliphatic hydroxyl groups excluding tert-OH is 2. The molecule has 2 atom stereocenters. The van der Waals surface area contributed by atoms with E-state index in [1.807, 2.05) is 115 Å². The van der Waals surface area contributed by atoms with E-state index in [-0.39, 0.29) is 26.0 Å². The van der Waals surface area contributed by atoms with Gasteiger partial charge in [0.1, 0.15) is 0 Å². The summed E-state index contributed by atoms with van der Waals surface area (Å²) < 4.78 is 0. The van der Waals surface area contributed by atoms with Crippen LogP contribution in [0.25, 0.3) is 22.5 Å². The van der Waals surface area contributed by atoms with Gasteiger partial charge in [0.05, 0.1) is 12.2 Å². The van der Waals surface area contributed by atoms with Gasteiger partial charge in [0.15, 0.2) is 0 Å². The second-order valence-electron chi connectivity index (χ2n) is 8.40. The molecule has 4 nitrogen and oxygen atoms in total. The predicted molar refractivity (Wildman–Crippen MR) is 150 cm³/mol. The third-order valence-electron chi connectivity index (χ3n) is 5.52. The maximum Gasteiger partial charge on any atom is 0.0605 e. The number of aliphatic hydroxyl groups is 2. The van der Waals surface area contributed by atoms with Crippen LogP contribution in [0.3, 0.4) is 0 Å². The summed E-state index contributed by atoms with van der Waals surface area (Å²) >= 11 is 0. The first-order valence-corrected chi connectivity index (χ1v) is 12.2. The molecule has 0 bridgehead atoms. The normalized spacial score (nSPS) is 12.2. The number of rotatable bonds is 5. The number of hydrogen-bond acceptors (Lipinski definition) is 4. The van der Waals surface area contributed by atoms with Crippen molar-refractivity contribution in [3.8, 4) is 22.5 Å². The molecule has 5 heteroatoms. The van der Waals surface area contributed by atoms with Gasteiger partial charge < -0.3 is 20.2 Å². The van der Waals surface area contributed by atoms with Gasteiger partial charge in [-0.15, -0.1) is 71.8 Å². The molecule has 0 saturated carbocycles. The fourth-order valence-electron chi connectivity index (χ4n) is 3.78. The zero-order valence-electron chi connectivity index (χ0n) is 21.5. The molecular weight excluding hydrogens is 649 g/mol. The molecule has 197 valence electrons. The molecule has 0 fully saturated rings. The molecule has 0 saturated heterocycles. The van der Waals surface area contributed by atoms with Crippen molar-refractivity contribution in [2.45, 2.75) is 32.0 Å². The van der Waals surface area contributed by atoms with Gasteiger partial charge in [-0.05, 0) is 42.9 Å². The van der Waals surface area contributed by atoms with Gasteiger partial charge in [0, 0.05) is 38.4 Å². The summed E-state index contributed by atoms with van der Waals surface area (Å²) in [5.74, 6) is -0.193. The van der Waals surface area contributed by atoms with Crippen molar-refractivity contribution in [1.29, 1.82) is 0 Å². The summed E-state index contributed by atoms with van der Waals surface area (Å²) in [6.45, 7) is 3.40. The third-order valence-corrected chi connectivity index (χ3v) is 5.52. The summed E-state index contributed by atoms with van der Waals surface area (Å²) in [7, 11) is 0. The Labute approximate surface area is 239 Å². The van der Waals surface area contributed by atoms with E-state index in [0.29, 0.717) is 0 Å². The second kappa shape index (κ2) is 17.1. The Kier molecular flexibility index (Phi) is 13.9. The van der Waals surface area contributed by atoms with Crippen molar-refractivity contribution in [2.24, 2.45) is 0 Å². The molecule has 2 aromatic heterocycles. The van der Waals surface area contributed by atoms with E-state index in [2.05, 4.69) is 22.1 Å². The average Bonchev–Trinajstić information content (AvgIpc) is 2.96. The van der Waals surface area contributed by atoms with Crippen molar-refractivity contribution < 1.29 is 30.3 Å². The first-order chi connectivity index (χ1) is 18.1. The van der Waals surface area contributed by atoms with E-state index in [1.54, 1.807) is 26.2 Å². The Morgan fingerprint density at radius 2 is 0.974 bits per heavy atom. The van der Waals surface area contributed by atoms with Crippen molar-refractivity contribution in [1.82, 2.24) is 9.97 Å². The fourth-order valence-corrected chi connectivity index (χ4v) is 3.78. The SMILES string of the molecule is CC(O)C(c1ccccc1)C(C)O.[Ir].[c-]1ccccc1-c1ccccn1.[c-]1ccccc1-c1ccccn1. The Morgan fingerprint density at radius 1 is 0.553 bits per heavy atom. The average molecular weight is 681 g/mol. The molecule has 0 spiro atoms. The van der Waals surface area contributed by atoms with Crippen LogP contribution in [0.15, 0.2) is 128 Å². The second-order valence-corrected chi connectivity index (χ2v) is 8.40. The van der Waals surface area contributed by atoms with Gasteiger partial charge in [0.25, 0.3) is 0 Å². The zero-order valence-corrected chi connectivity index (χ0v) is 23.9. The minimum Gasteiger partial charge on any atom is -0.393 e. The van der Waals surface area contributed by atoms with Gasteiger partial charge in [0.2, 0.25) is 0 Å². The van der Waals surface area contributed by atoms with Crippen molar-refractivity contribution >= 4 is 0 Å². The molecule has 0 amide bonds. The number of benzene rings is 3. The van der Waals surface area contributed by atoms with Crippen LogP contribution in [0, 0.1) is 12.1 Å². The van der Waals surface area contributed by atoms with Crippen LogP contribution in [-0.4, -0.2) is 32.4 Å². The van der Waals surface area contributed by atoms with Crippen LogP contribution >= 0.6 is 0 Å². The topological polar surface area (TPSA) is 66.2 Å². The number of hydrogen-bond donors (Lipinski definition) is 2. The van der Waals surface area contributed by atoms with E-state index in [0.717, 1.165) is 28.1 Å². The van der Waals surface area contributed by atoms with E-state index in [4.69, 9.17) is 0 Å². The molecule has 5 rings (SSSR count). The van der Waals surface area contributed by atoms with Crippen molar-refractivity contribution in [3.05, 3.63) is 145 Å². The van der Waals surface area contributed by atoms with Gasteiger partial charge in [-0.1, -0.05) is 54.6 Å². The Bertz CT molecular complexity index is 1100. The van der Waals surface area contributed by atoms with Crippen LogP contribution in [0.1, 0.15) is 25.3 Å². The number of nitrogens with zero attached hydrogens (tertiary/aromatic N) is 2. The molecule has 0 aliphatic rings. The standard InChI is InChI=1S/2C11H8N.C11H16O2.Ir/c2*1-2-6-10(7-3-1)11-8-4-5-9-12-11;1-8(12)11(9(2)13)10-6-4-3-5-7-10;/h2*1-6,8-9H;3-9,11-13H,1-2H3;/q2*-1;;. The number of aromatic nitrogens is 2. The predicted octanol–water partition coefficient (Wildman–Crippen LogP) is 6.63. The summed E-state index contributed by atoms with van der Waals surface area (Å²) in [6, 6.07) is 43.2. The van der Waals surface area contributed by atoms with E-state index < -0.39 is 12.2 Å². The molecule has 2 N–H and O–H groups in total. The minimum atomic E-state index is -0.526. The van der Waals surface area contributed by atoms with Gasteiger partial charge in [-0.3, -0.25) is 0 Å². The van der Waals surface area contributed by atoms with Gasteiger partial charge in [-0.25, -0.2) is 0 Å². The van der Waals surface area contributed by atoms with E-state index in [9.17, 15) is 10.2 Å². The molecule has 2 heterocycles. The van der Waals surface area contributed by atoms with E-state index >= 15 is 0 Å². The molecule has 38 heavy (non-hydrogen) atoms. The fraction of sp³-hybridized carbons (Fsp3) is 0.152. The van der Waals surface area contributed by atoms with Crippen LogP contribution in [-0.2, 0) is 20.1 Å². The molecule has 0 aliphatic heterocycles. The third kappa shape index (κ3) is 10.1. The van der Waals surface area contributed by atoms with Crippen LogP contribution in [0.4, 0.5) is 0 Å². The molecule has 2 unspecified atom stereocenters. The Morgan fingerprint density at radius 3 is 1.32 bits per heavy atom. The largest absolute Gasteiger partial charge is 0.393 e. The maximum atomic E-state index is 9.48. The monoisotopic (exact) mass is 681 g/mol. The van der Waals surface area contributed by atoms with Gasteiger partial charge in [-0.2, -0.15) is 0 Å². The van der Waals surface area contributed by atoms with Crippen LogP contribution < -0.4 is 0 Å². The van der Waals surface area contributed by atoms with Crippen LogP contribution in [0.2, 0.25) is 0 Å². The minimum absolute atomic E-state index is 0. The summed E-state index contributed by atoms with van der Waals surface area (Å²) in [4.78, 5) is 8.44. The number of pyridine rings is 2. The van der Waals surface area contributed by atoms with Crippen molar-refractivity contribution in [2.75, 3.05) is 0 Å². The Balaban J connectivity index is 0.000000198. The quantitative estimate of drug-likeness (QED) is 0.205. The zero-order chi connectivity index (χ0) is 26.3. The summed E-state index contributed by atoms with van der Waals surface area (Å²) in [5, 5.41) is 19.0. The maximum absolute atomic E-state index is 9.48. The first kappa shape index (κ1) is 30.8. The van der Waals surface area contributed by atoms with Gasteiger partial charge >= 0.3 is 0 Å². The molecule has 5 aromatic rings. The van der Waals surface area contributed by atoms with Crippen molar-refractivity contribution in [3.63, 3.8) is 0 Å². The molecular formula is C33H32IrN2O2-2. The summed E-state index contributed by atoms with van der Waals surface area (Å²) in [6.07, 6.45) is 2.52. The molecule has 1 radical (unpaired) electrons. The first-order valence-electron chi connectivity index (χ1n) is 12.2. The van der Waals surface area contributed by atoms with E-state index in [1.165, 1.54) is 0 Å². The molecule has 3 aromatic carbocycles. The molecule has 0 aliphatic carbocycles. The smallest absolute Gasteiger partial charge is 0.0605 e. The van der Waals surface area contributed by atoms with Crippen LogP contribution in [0.5, 0.6) is 0 Å². The summed E-state index contributed by atoms with van der Waals surface area (Å²) in [5.41, 5.74) is 5.00. The Hall–Kier alpha value is -3.47.